The highest BCUT2D eigenvalue weighted by molar-refractivity contribution is 7.99. The van der Waals surface area contributed by atoms with Crippen LogP contribution < -0.4 is 4.72 Å². The van der Waals surface area contributed by atoms with E-state index >= 15 is 0 Å². The first kappa shape index (κ1) is 13.4. The van der Waals surface area contributed by atoms with Gasteiger partial charge >= 0.3 is 0 Å². The number of aliphatic hydroxyl groups is 1. The number of hydrogen-bond donors (Lipinski definition) is 2. The first-order valence-corrected chi connectivity index (χ1v) is 8.92. The second-order valence-electron chi connectivity index (χ2n) is 3.87. The van der Waals surface area contributed by atoms with Gasteiger partial charge in [0.05, 0.1) is 11.5 Å². The number of thiophene rings is 1. The van der Waals surface area contributed by atoms with Gasteiger partial charge < -0.3 is 5.11 Å². The molecule has 0 amide bonds. The Morgan fingerprint density at radius 3 is 2.76 bits per heavy atom. The highest BCUT2D eigenvalue weighted by Gasteiger charge is 2.24. The third-order valence-electron chi connectivity index (χ3n) is 2.68. The number of aliphatic hydroxyl groups excluding tert-OH is 1. The van der Waals surface area contributed by atoms with Crippen LogP contribution in [0.4, 0.5) is 0 Å². The summed E-state index contributed by atoms with van der Waals surface area (Å²) in [4.78, 5) is 0.728. The van der Waals surface area contributed by atoms with E-state index in [1.807, 2.05) is 11.8 Å². The molecule has 1 saturated heterocycles. The third kappa shape index (κ3) is 3.23. The molecule has 96 valence electrons. The third-order valence-corrected chi connectivity index (χ3v) is 6.37. The van der Waals surface area contributed by atoms with Crippen molar-refractivity contribution in [3.05, 3.63) is 16.3 Å². The lowest BCUT2D eigenvalue weighted by atomic mass is 10.2. The first-order valence-electron chi connectivity index (χ1n) is 5.41. The Kier molecular flexibility index (Phi) is 4.48. The Morgan fingerprint density at radius 1 is 1.41 bits per heavy atom. The van der Waals surface area contributed by atoms with Crippen molar-refractivity contribution in [3.63, 3.8) is 0 Å². The fourth-order valence-corrected chi connectivity index (χ4v) is 5.49. The number of hydrogen-bond acceptors (Lipinski definition) is 5. The van der Waals surface area contributed by atoms with Crippen molar-refractivity contribution in [1.82, 2.24) is 4.72 Å². The fourth-order valence-electron chi connectivity index (χ4n) is 1.78. The van der Waals surface area contributed by atoms with Gasteiger partial charge in [0, 0.05) is 10.9 Å². The van der Waals surface area contributed by atoms with Crippen LogP contribution in [0.25, 0.3) is 0 Å². The maximum absolute atomic E-state index is 12.1. The van der Waals surface area contributed by atoms with Crippen LogP contribution >= 0.6 is 23.1 Å². The summed E-state index contributed by atoms with van der Waals surface area (Å²) in [5.74, 6) is 2.01. The van der Waals surface area contributed by atoms with Crippen molar-refractivity contribution in [2.24, 2.45) is 0 Å². The zero-order chi connectivity index (χ0) is 12.3. The van der Waals surface area contributed by atoms with Gasteiger partial charge in [0.2, 0.25) is 10.0 Å². The molecule has 0 atom stereocenters. The molecule has 7 heteroatoms. The second kappa shape index (κ2) is 5.71. The number of rotatable bonds is 4. The minimum atomic E-state index is -3.47. The van der Waals surface area contributed by atoms with Crippen LogP contribution in [0.5, 0.6) is 0 Å². The Balaban J connectivity index is 2.13. The Bertz CT molecular complexity index is 463. The molecule has 1 fully saturated rings. The summed E-state index contributed by atoms with van der Waals surface area (Å²) in [5, 5.41) is 10.8. The van der Waals surface area contributed by atoms with Gasteiger partial charge in [-0.2, -0.15) is 11.8 Å². The summed E-state index contributed by atoms with van der Waals surface area (Å²) in [6, 6.07) is 1.59. The summed E-state index contributed by atoms with van der Waals surface area (Å²) in [6.45, 7) is -0.228. The quantitative estimate of drug-likeness (QED) is 0.881. The van der Waals surface area contributed by atoms with Gasteiger partial charge in [-0.3, -0.25) is 0 Å². The van der Waals surface area contributed by atoms with Crippen LogP contribution in [0, 0.1) is 0 Å². The molecule has 1 aliphatic rings. The van der Waals surface area contributed by atoms with E-state index < -0.39 is 10.0 Å². The molecule has 0 unspecified atom stereocenters. The van der Waals surface area contributed by atoms with E-state index in [2.05, 4.69) is 4.72 Å². The highest BCUT2D eigenvalue weighted by Crippen LogP contribution is 2.24. The first-order chi connectivity index (χ1) is 8.13. The molecule has 2 N–H and O–H groups in total. The van der Waals surface area contributed by atoms with Gasteiger partial charge in [-0.15, -0.1) is 11.3 Å². The minimum Gasteiger partial charge on any atom is -0.391 e. The monoisotopic (exact) mass is 293 g/mol. The van der Waals surface area contributed by atoms with Crippen LogP contribution in [0.1, 0.15) is 17.7 Å². The molecule has 2 heterocycles. The van der Waals surface area contributed by atoms with Crippen molar-refractivity contribution in [1.29, 1.82) is 0 Å². The van der Waals surface area contributed by atoms with E-state index in [9.17, 15) is 8.42 Å². The zero-order valence-corrected chi connectivity index (χ0v) is 11.7. The predicted molar refractivity (Wildman–Crippen MR) is 70.9 cm³/mol. The van der Waals surface area contributed by atoms with Crippen molar-refractivity contribution >= 4 is 33.1 Å². The number of nitrogens with one attached hydrogen (secondary N) is 1. The predicted octanol–water partition coefficient (Wildman–Crippen LogP) is 1.41. The molecule has 1 aromatic rings. The van der Waals surface area contributed by atoms with Gasteiger partial charge in [0.15, 0.2) is 0 Å². The van der Waals surface area contributed by atoms with Gasteiger partial charge in [-0.25, -0.2) is 13.1 Å². The van der Waals surface area contributed by atoms with E-state index in [0.717, 1.165) is 24.3 Å². The molecule has 0 saturated carbocycles. The summed E-state index contributed by atoms with van der Waals surface area (Å²) >= 11 is 3.12. The lowest BCUT2D eigenvalue weighted by Gasteiger charge is -2.22. The van der Waals surface area contributed by atoms with Gasteiger partial charge in [-0.05, 0) is 35.8 Å². The molecule has 0 aromatic carbocycles. The van der Waals surface area contributed by atoms with Gasteiger partial charge in [0.25, 0.3) is 0 Å². The van der Waals surface area contributed by atoms with E-state index in [-0.39, 0.29) is 17.5 Å². The molecule has 0 spiro atoms. The molecule has 0 radical (unpaired) electrons. The molecular formula is C10H15NO3S3. The highest BCUT2D eigenvalue weighted by atomic mass is 32.2. The largest absolute Gasteiger partial charge is 0.391 e. The van der Waals surface area contributed by atoms with Crippen LogP contribution in [0.15, 0.2) is 16.3 Å². The van der Waals surface area contributed by atoms with Crippen molar-refractivity contribution in [2.45, 2.75) is 30.4 Å². The average molecular weight is 293 g/mol. The fraction of sp³-hybridized carbons (Fsp3) is 0.600. The SMILES string of the molecule is O=S(=O)(NC1CCSCC1)c1ccsc1CO. The molecular weight excluding hydrogens is 278 g/mol. The maximum Gasteiger partial charge on any atom is 0.242 e. The standard InChI is InChI=1S/C10H15NO3S3/c12-7-9-10(3-6-16-9)17(13,14)11-8-1-4-15-5-2-8/h3,6,8,11-12H,1-2,4-5,7H2. The molecule has 4 nitrogen and oxygen atoms in total. The minimum absolute atomic E-state index is 0.0349. The van der Waals surface area contributed by atoms with Gasteiger partial charge in [0.1, 0.15) is 0 Å². The lowest BCUT2D eigenvalue weighted by molar-refractivity contribution is 0.282. The summed E-state index contributed by atoms with van der Waals surface area (Å²) in [7, 11) is -3.47. The Labute approximate surface area is 109 Å². The van der Waals surface area contributed by atoms with Gasteiger partial charge in [-0.1, -0.05) is 0 Å². The number of sulfonamides is 1. The van der Waals surface area contributed by atoms with E-state index in [1.165, 1.54) is 11.3 Å². The van der Waals surface area contributed by atoms with Crippen LogP contribution in [0.3, 0.4) is 0 Å². The average Bonchev–Trinajstić information content (AvgIpc) is 2.78. The lowest BCUT2D eigenvalue weighted by Crippen LogP contribution is -2.37. The topological polar surface area (TPSA) is 66.4 Å². The van der Waals surface area contributed by atoms with Crippen molar-refractivity contribution in [3.8, 4) is 0 Å². The van der Waals surface area contributed by atoms with Crippen molar-refractivity contribution in [2.75, 3.05) is 11.5 Å². The second-order valence-corrected chi connectivity index (χ2v) is 7.78. The van der Waals surface area contributed by atoms with E-state index in [4.69, 9.17) is 5.11 Å². The number of thioether (sulfide) groups is 1. The molecule has 2 rings (SSSR count). The van der Waals surface area contributed by atoms with Crippen molar-refractivity contribution < 1.29 is 13.5 Å². The van der Waals surface area contributed by atoms with E-state index in [1.54, 1.807) is 11.4 Å². The summed E-state index contributed by atoms with van der Waals surface area (Å²) in [5.41, 5.74) is 0. The maximum atomic E-state index is 12.1. The Morgan fingerprint density at radius 2 is 2.12 bits per heavy atom. The molecule has 17 heavy (non-hydrogen) atoms. The zero-order valence-electron chi connectivity index (χ0n) is 9.26. The van der Waals surface area contributed by atoms with Crippen LogP contribution in [-0.4, -0.2) is 31.1 Å². The smallest absolute Gasteiger partial charge is 0.242 e. The molecule has 1 aromatic heterocycles. The van der Waals surface area contributed by atoms with Crippen LogP contribution in [-0.2, 0) is 16.6 Å². The molecule has 1 aliphatic heterocycles. The van der Waals surface area contributed by atoms with E-state index in [0.29, 0.717) is 4.88 Å². The molecule has 0 bridgehead atoms. The summed E-state index contributed by atoms with van der Waals surface area (Å²) < 4.78 is 27.0. The normalized spacial score (nSPS) is 18.4. The summed E-state index contributed by atoms with van der Waals surface area (Å²) in [6.07, 6.45) is 1.75. The Hall–Kier alpha value is -0.0800. The van der Waals surface area contributed by atoms with Crippen LogP contribution in [0.2, 0.25) is 0 Å². The molecule has 0 aliphatic carbocycles.